The van der Waals surface area contributed by atoms with Crippen LogP contribution in [-0.4, -0.2) is 27.9 Å². The summed E-state index contributed by atoms with van der Waals surface area (Å²) in [6, 6.07) is 15.5. The van der Waals surface area contributed by atoms with Crippen LogP contribution in [0.25, 0.3) is 16.7 Å². The van der Waals surface area contributed by atoms with E-state index in [0.29, 0.717) is 11.0 Å². The fraction of sp³-hybridized carbons (Fsp3) is 0.143. The number of imidazole rings is 1. The molecule has 0 amide bonds. The second-order valence-electron chi connectivity index (χ2n) is 6.45. The molecule has 0 aliphatic heterocycles. The van der Waals surface area contributed by atoms with Gasteiger partial charge in [-0.3, -0.25) is 0 Å². The maximum Gasteiger partial charge on any atom is 0.222 e. The van der Waals surface area contributed by atoms with Gasteiger partial charge in [0.15, 0.2) is 0 Å². The number of fused-ring (bicyclic) bond motifs is 1. The molecule has 0 atom stereocenters. The van der Waals surface area contributed by atoms with Gasteiger partial charge < -0.3 is 14.3 Å². The Hall–Kier alpha value is -3.25. The van der Waals surface area contributed by atoms with Crippen LogP contribution in [-0.2, 0) is 0 Å². The summed E-state index contributed by atoms with van der Waals surface area (Å²) < 4.78 is 7.61. The first-order valence-electron chi connectivity index (χ1n) is 8.83. The van der Waals surface area contributed by atoms with Crippen LogP contribution in [0, 0.1) is 13.8 Å². The minimum Gasteiger partial charge on any atom is -0.495 e. The van der Waals surface area contributed by atoms with Crippen molar-refractivity contribution in [3.05, 3.63) is 70.5 Å². The number of rotatable bonds is 5. The zero-order chi connectivity index (χ0) is 19.7. The average molecular weight is 394 g/mol. The van der Waals surface area contributed by atoms with Gasteiger partial charge in [-0.1, -0.05) is 23.7 Å². The van der Waals surface area contributed by atoms with Crippen molar-refractivity contribution >= 4 is 34.8 Å². The zero-order valence-electron chi connectivity index (χ0n) is 15.8. The summed E-state index contributed by atoms with van der Waals surface area (Å²) in [6.45, 7) is 4.08. The molecule has 2 aromatic carbocycles. The second-order valence-corrected chi connectivity index (χ2v) is 6.89. The lowest BCUT2D eigenvalue weighted by Crippen LogP contribution is -2.02. The lowest BCUT2D eigenvalue weighted by Gasteiger charge is -2.14. The van der Waals surface area contributed by atoms with Crippen molar-refractivity contribution in [2.45, 2.75) is 13.8 Å². The highest BCUT2D eigenvalue weighted by Crippen LogP contribution is 2.30. The highest BCUT2D eigenvalue weighted by Gasteiger charge is 2.14. The smallest absolute Gasteiger partial charge is 0.222 e. The fourth-order valence-corrected chi connectivity index (χ4v) is 3.46. The van der Waals surface area contributed by atoms with E-state index in [9.17, 15) is 0 Å². The molecule has 6 nitrogen and oxygen atoms in total. The molecule has 0 saturated heterocycles. The van der Waals surface area contributed by atoms with E-state index in [1.54, 1.807) is 13.3 Å². The fourth-order valence-electron chi connectivity index (χ4n) is 3.30. The van der Waals surface area contributed by atoms with Crippen molar-refractivity contribution < 1.29 is 4.74 Å². The van der Waals surface area contributed by atoms with Gasteiger partial charge in [-0.05, 0) is 50.2 Å². The Bertz CT molecular complexity index is 1140. The number of aromatic nitrogens is 3. The maximum atomic E-state index is 6.20. The van der Waals surface area contributed by atoms with E-state index in [-0.39, 0.29) is 0 Å². The molecule has 0 aliphatic carbocycles. The van der Waals surface area contributed by atoms with Gasteiger partial charge in [0.2, 0.25) is 5.95 Å². The van der Waals surface area contributed by atoms with Gasteiger partial charge in [0.1, 0.15) is 5.75 Å². The molecule has 28 heavy (non-hydrogen) atoms. The van der Waals surface area contributed by atoms with Crippen molar-refractivity contribution in [1.29, 1.82) is 0 Å². The van der Waals surface area contributed by atoms with Gasteiger partial charge in [-0.25, -0.2) is 10.4 Å². The molecular formula is C21H20ClN5O. The minimum absolute atomic E-state index is 0.600. The number of nitrogens with zero attached hydrogens (tertiary/aromatic N) is 3. The van der Waals surface area contributed by atoms with E-state index in [1.807, 2.05) is 56.3 Å². The predicted molar refractivity (Wildman–Crippen MR) is 114 cm³/mol. The summed E-state index contributed by atoms with van der Waals surface area (Å²) in [5.74, 6) is 1.36. The first kappa shape index (κ1) is 18.1. The minimum atomic E-state index is 0.600. The van der Waals surface area contributed by atoms with E-state index >= 15 is 0 Å². The lowest BCUT2D eigenvalue weighted by molar-refractivity contribution is 0.412. The number of aryl methyl sites for hydroxylation is 1. The number of halogens is 1. The number of anilines is 1. The Morgan fingerprint density at radius 2 is 2.00 bits per heavy atom. The molecule has 0 fully saturated rings. The third-order valence-corrected chi connectivity index (χ3v) is 4.85. The molecule has 4 rings (SSSR count). The highest BCUT2D eigenvalue weighted by atomic mass is 35.5. The molecule has 0 saturated carbocycles. The third-order valence-electron chi connectivity index (χ3n) is 4.62. The van der Waals surface area contributed by atoms with Gasteiger partial charge >= 0.3 is 0 Å². The summed E-state index contributed by atoms with van der Waals surface area (Å²) >= 11 is 6.20. The molecule has 2 heterocycles. The average Bonchev–Trinajstić information content (AvgIpc) is 3.22. The number of methoxy groups -OCH3 is 1. The van der Waals surface area contributed by atoms with E-state index in [2.05, 4.69) is 31.1 Å². The highest BCUT2D eigenvalue weighted by molar-refractivity contribution is 6.30. The van der Waals surface area contributed by atoms with Gasteiger partial charge in [0.25, 0.3) is 0 Å². The molecule has 2 N–H and O–H groups in total. The molecule has 142 valence electrons. The van der Waals surface area contributed by atoms with Crippen molar-refractivity contribution in [2.75, 3.05) is 12.5 Å². The Kier molecular flexibility index (Phi) is 4.79. The molecule has 0 radical (unpaired) electrons. The number of hydrogen-bond acceptors (Lipinski definition) is 4. The SMILES string of the molecule is COc1ccc(Cl)cc1-n1c(C)cc(/C=N\Nc2nc3ccccc3[nH]2)c1C. The first-order chi connectivity index (χ1) is 13.6. The van der Waals surface area contributed by atoms with Crippen LogP contribution in [0.2, 0.25) is 5.02 Å². The van der Waals surface area contributed by atoms with Gasteiger partial charge in [0, 0.05) is 22.0 Å². The molecule has 0 aliphatic rings. The molecule has 0 spiro atoms. The normalized spacial score (nSPS) is 11.4. The Morgan fingerprint density at radius 3 is 2.79 bits per heavy atom. The van der Waals surface area contributed by atoms with Crippen LogP contribution in [0.3, 0.4) is 0 Å². The molecule has 7 heteroatoms. The number of nitrogens with one attached hydrogen (secondary N) is 2. The molecular weight excluding hydrogens is 374 g/mol. The maximum absolute atomic E-state index is 6.20. The van der Waals surface area contributed by atoms with Crippen molar-refractivity contribution in [3.63, 3.8) is 0 Å². The van der Waals surface area contributed by atoms with Gasteiger partial charge in [-0.2, -0.15) is 5.10 Å². The number of ether oxygens (including phenoxy) is 1. The molecule has 2 aromatic heterocycles. The van der Waals surface area contributed by atoms with Crippen molar-refractivity contribution in [2.24, 2.45) is 5.10 Å². The summed E-state index contributed by atoms with van der Waals surface area (Å²) in [7, 11) is 1.65. The summed E-state index contributed by atoms with van der Waals surface area (Å²) in [6.07, 6.45) is 1.78. The van der Waals surface area contributed by atoms with E-state index in [0.717, 1.165) is 39.4 Å². The Balaban J connectivity index is 1.62. The molecule has 0 bridgehead atoms. The van der Waals surface area contributed by atoms with E-state index in [4.69, 9.17) is 16.3 Å². The number of benzene rings is 2. The quantitative estimate of drug-likeness (QED) is 0.367. The van der Waals surface area contributed by atoms with Crippen molar-refractivity contribution in [1.82, 2.24) is 14.5 Å². The first-order valence-corrected chi connectivity index (χ1v) is 9.21. The number of aromatic amines is 1. The number of para-hydroxylation sites is 2. The predicted octanol–water partition coefficient (Wildman–Crippen LogP) is 5.08. The van der Waals surface area contributed by atoms with E-state index in [1.165, 1.54) is 0 Å². The van der Waals surface area contributed by atoms with Gasteiger partial charge in [-0.15, -0.1) is 0 Å². The van der Waals surface area contributed by atoms with Gasteiger partial charge in [0.05, 0.1) is 30.0 Å². The van der Waals surface area contributed by atoms with E-state index < -0.39 is 0 Å². The summed E-state index contributed by atoms with van der Waals surface area (Å²) in [4.78, 5) is 7.64. The molecule has 4 aromatic rings. The number of hydrogen-bond donors (Lipinski definition) is 2. The second kappa shape index (κ2) is 7.40. The van der Waals surface area contributed by atoms with Crippen LogP contribution >= 0.6 is 11.6 Å². The Morgan fingerprint density at radius 1 is 1.18 bits per heavy atom. The Labute approximate surface area is 167 Å². The van der Waals surface area contributed by atoms with Crippen LogP contribution in [0.4, 0.5) is 5.95 Å². The monoisotopic (exact) mass is 393 g/mol. The van der Waals surface area contributed by atoms with Crippen LogP contribution in [0.15, 0.2) is 53.6 Å². The van der Waals surface area contributed by atoms with Crippen molar-refractivity contribution in [3.8, 4) is 11.4 Å². The number of hydrazone groups is 1. The van der Waals surface area contributed by atoms with Crippen LogP contribution in [0.5, 0.6) is 5.75 Å². The standard InChI is InChI=1S/C21H20ClN5O/c1-13-10-15(12-23-26-21-24-17-6-4-5-7-18(17)25-21)14(2)27(13)19-11-16(22)8-9-20(19)28-3/h4-12H,1-3H3,(H2,24,25,26)/b23-12-. The zero-order valence-corrected chi connectivity index (χ0v) is 16.6. The third kappa shape index (κ3) is 3.34. The summed E-state index contributed by atoms with van der Waals surface area (Å²) in [5.41, 5.74) is 8.80. The van der Waals surface area contributed by atoms with Crippen LogP contribution < -0.4 is 10.2 Å². The summed E-state index contributed by atoms with van der Waals surface area (Å²) in [5, 5.41) is 4.99. The largest absolute Gasteiger partial charge is 0.495 e. The molecule has 0 unspecified atom stereocenters. The lowest BCUT2D eigenvalue weighted by atomic mass is 10.2. The number of H-pyrrole nitrogens is 1. The topological polar surface area (TPSA) is 67.2 Å². The van der Waals surface area contributed by atoms with Crippen LogP contribution in [0.1, 0.15) is 17.0 Å².